The van der Waals surface area contributed by atoms with Crippen LogP contribution in [-0.2, 0) is 99.5 Å². The summed E-state index contributed by atoms with van der Waals surface area (Å²) >= 11 is 4.64. The molecule has 4 fully saturated rings. The molecule has 588 valence electrons. The van der Waals surface area contributed by atoms with Crippen molar-refractivity contribution in [2.24, 2.45) is 48.2 Å². The SMILES string of the molecule is C.C.CC(=O)Cl.CN=C(NO)[C@@H]1c2c(cnn2C)[C@@H]2CN1C(=O)N2OCc1ccccc1.CN=C(NOC(C)=O)[C@@H]1c2c(cnn2C)[C@@H]2CN1C(=O)N2O.CN=C(NOC(C)=O)[C@@H]1c2c(cnn2C)[C@@H]2CN1C(=O)N2OCc1ccccc1.CN=C(NOC(C)=O)[C@@H]1c2c(cnn2C)[C@@H]2CN1C(=O)N2OS(=O)(=O)O. The number of nitrogens with one attached hydrogen (secondary N) is 4. The highest BCUT2D eigenvalue weighted by Gasteiger charge is 2.56. The van der Waals surface area contributed by atoms with Crippen LogP contribution in [0.2, 0.25) is 0 Å². The van der Waals surface area contributed by atoms with Crippen LogP contribution >= 0.6 is 11.6 Å². The molecule has 8 bridgehead atoms. The minimum atomic E-state index is -4.90. The van der Waals surface area contributed by atoms with E-state index in [1.807, 2.05) is 67.7 Å². The van der Waals surface area contributed by atoms with Crippen LogP contribution in [0.3, 0.4) is 0 Å². The van der Waals surface area contributed by atoms with Crippen LogP contribution in [0.1, 0.15) is 147 Å². The molecule has 8 aliphatic heterocycles. The lowest BCUT2D eigenvalue weighted by molar-refractivity contribution is -0.146. The zero-order chi connectivity index (χ0) is 77.6. The zero-order valence-electron chi connectivity index (χ0n) is 59.5. The number of hydrogen-bond donors (Lipinski definition) is 7. The molecule has 8 aliphatic rings. The Morgan fingerprint density at radius 1 is 0.486 bits per heavy atom. The average Bonchev–Trinajstić information content (AvgIpc) is 1.60. The number of amidine groups is 4. The fourth-order valence-electron chi connectivity index (χ4n) is 13.3. The number of hydrogen-bond acceptors (Lipinski definition) is 26. The van der Waals surface area contributed by atoms with Crippen molar-refractivity contribution in [2.45, 2.75) is 104 Å². The van der Waals surface area contributed by atoms with E-state index >= 15 is 0 Å². The average molecular weight is 1560 g/mol. The second-order valence-electron chi connectivity index (χ2n) is 24.3. The Hall–Kier alpha value is -11.7. The van der Waals surface area contributed by atoms with Gasteiger partial charge in [-0.15, -0.1) is 4.28 Å². The molecule has 0 saturated carbocycles. The Bertz CT molecular complexity index is 4600. The summed E-state index contributed by atoms with van der Waals surface area (Å²) in [6.45, 7) is 6.81. The van der Waals surface area contributed by atoms with Crippen LogP contribution in [0.5, 0.6) is 0 Å². The number of halogens is 1. The maximum Gasteiger partial charge on any atom is 0.418 e. The second-order valence-corrected chi connectivity index (χ2v) is 25.8. The predicted molar refractivity (Wildman–Crippen MR) is 380 cm³/mol. The third-order valence-corrected chi connectivity index (χ3v) is 18.1. The van der Waals surface area contributed by atoms with E-state index in [1.54, 1.807) is 77.7 Å². The van der Waals surface area contributed by atoms with E-state index in [9.17, 15) is 57.2 Å². The molecule has 0 aliphatic carbocycles. The standard InChI is InChI=1S/C19H22N6O4.C17H20N6O3.C12H16N6O7S.C12H16N6O4.C2H3ClO.2CH4/c1-12(26)29-22-18(20-2)17-16-14(9-21-23(16)3)15-10-24(17)19(27)25(15)28-11-13-7-5-4-6-8-13;1-18-16(20-25)15-14-12(8-19-21(14)2)13-9-22(15)17(24)23(13)26-10-11-6-4-3-5-7-11;1-6(19)24-15-11(13-2)10-9-7(4-14-16(9)3)8-5-17(10)12(20)18(8)25-26(21,22)23;1-6(19)22-15-11(13-2)10-9-7(4-14-16(9)3)8-5-17(10)12(20)18(8)21;1-2(3)4;;/h4-9,15,17H,10-11H2,1-3H3,(H,20,22);3-8,13,15,25H,9-10H2,1-2H3,(H,18,20);4,8,10H,5H2,1-3H3,(H,13,15)(H,21,22,23);4,8,10,21H,5H2,1-3H3,(H,13,15);1H3;2*1H4/t15-,17-;13-,15-;2*8-,10-;;;/m0000.../s1. The number of fused-ring (bicyclic) bond motifs is 16. The summed E-state index contributed by atoms with van der Waals surface area (Å²) in [5.41, 5.74) is 17.4. The van der Waals surface area contributed by atoms with Gasteiger partial charge in [0.1, 0.15) is 67.4 Å². The van der Waals surface area contributed by atoms with Crippen LogP contribution in [-0.4, -0.2) is 227 Å². The Balaban J connectivity index is 0.000000179. The number of nitrogens with zero attached hydrogens (tertiary/aromatic N) is 20. The van der Waals surface area contributed by atoms with Gasteiger partial charge in [-0.2, -0.15) is 49.1 Å². The number of rotatable bonds is 12. The molecule has 0 spiro atoms. The highest BCUT2D eigenvalue weighted by molar-refractivity contribution is 7.80. The Morgan fingerprint density at radius 3 is 1.06 bits per heavy atom. The molecule has 45 heteroatoms. The van der Waals surface area contributed by atoms with Gasteiger partial charge in [0.05, 0.1) is 73.7 Å². The molecule has 2 aromatic carbocycles. The van der Waals surface area contributed by atoms with E-state index in [2.05, 4.69) is 78.2 Å². The molecule has 4 aromatic heterocycles. The minimum Gasteiger partial charge on any atom is -0.343 e. The van der Waals surface area contributed by atoms with Gasteiger partial charge in [-0.25, -0.2) is 35.6 Å². The first kappa shape index (κ1) is 83.0. The van der Waals surface area contributed by atoms with Crippen LogP contribution < -0.4 is 21.9 Å². The van der Waals surface area contributed by atoms with E-state index in [0.717, 1.165) is 39.2 Å². The van der Waals surface area contributed by atoms with Crippen LogP contribution in [0, 0.1) is 0 Å². The summed E-state index contributed by atoms with van der Waals surface area (Å²) in [4.78, 5) is 142. The number of aromatic nitrogens is 8. The summed E-state index contributed by atoms with van der Waals surface area (Å²) in [6.07, 6.45) is 6.56. The van der Waals surface area contributed by atoms with Crippen LogP contribution in [0.25, 0.3) is 0 Å². The summed E-state index contributed by atoms with van der Waals surface area (Å²) in [7, 11) is 8.16. The molecular weight excluding hydrogens is 1480 g/mol. The van der Waals surface area contributed by atoms with Crippen molar-refractivity contribution in [3.05, 3.63) is 142 Å². The third kappa shape index (κ3) is 17.0. The van der Waals surface area contributed by atoms with Crippen molar-refractivity contribution in [1.29, 1.82) is 0 Å². The van der Waals surface area contributed by atoms with E-state index in [4.69, 9.17) is 28.7 Å². The lowest BCUT2D eigenvalue weighted by atomic mass is 9.97. The van der Waals surface area contributed by atoms with Crippen LogP contribution in [0.4, 0.5) is 19.2 Å². The molecule has 109 heavy (non-hydrogen) atoms. The fourth-order valence-corrected chi connectivity index (χ4v) is 13.7. The number of carbonyl (C=O) groups is 8. The minimum absolute atomic E-state index is 0. The van der Waals surface area contributed by atoms with Gasteiger partial charge in [0.25, 0.3) is 0 Å². The van der Waals surface area contributed by atoms with Crippen molar-refractivity contribution in [2.75, 3.05) is 54.4 Å². The van der Waals surface area contributed by atoms with Gasteiger partial charge in [0.2, 0.25) is 5.24 Å². The first-order valence-electron chi connectivity index (χ1n) is 32.4. The number of urea groups is 4. The number of carbonyl (C=O) groups excluding carboxylic acids is 8. The topological polar surface area (TPSA) is 482 Å². The summed E-state index contributed by atoms with van der Waals surface area (Å²) in [6, 6.07) is 13.1. The molecule has 12 heterocycles. The molecule has 8 amide bonds. The molecule has 14 rings (SSSR count). The van der Waals surface area contributed by atoms with E-state index < -0.39 is 76.6 Å². The zero-order valence-corrected chi connectivity index (χ0v) is 61.1. The molecule has 0 radical (unpaired) electrons. The van der Waals surface area contributed by atoms with Crippen molar-refractivity contribution in [3.8, 4) is 0 Å². The number of aliphatic imine (C=N–C) groups is 4. The van der Waals surface area contributed by atoms with Gasteiger partial charge >= 0.3 is 52.4 Å². The maximum absolute atomic E-state index is 13.2. The molecule has 4 saturated heterocycles. The van der Waals surface area contributed by atoms with E-state index in [-0.39, 0.29) is 74.9 Å². The smallest absolute Gasteiger partial charge is 0.343 e. The highest BCUT2D eigenvalue weighted by Crippen LogP contribution is 2.48. The molecule has 0 unspecified atom stereocenters. The Labute approximate surface area is 629 Å². The molecule has 8 atom stereocenters. The lowest BCUT2D eigenvalue weighted by Gasteiger charge is -2.31. The molecule has 6 aromatic rings. The largest absolute Gasteiger partial charge is 0.418 e. The van der Waals surface area contributed by atoms with Crippen molar-refractivity contribution in [1.82, 2.24) is 101 Å². The van der Waals surface area contributed by atoms with Gasteiger partial charge in [0.15, 0.2) is 17.5 Å². The van der Waals surface area contributed by atoms with Gasteiger partial charge < -0.3 is 34.1 Å². The normalized spacial score (nSPS) is 21.1. The van der Waals surface area contributed by atoms with Gasteiger partial charge in [0, 0.05) is 106 Å². The lowest BCUT2D eigenvalue weighted by Crippen LogP contribution is -2.44. The molecular formula is C64H85ClN24O19S. The van der Waals surface area contributed by atoms with Gasteiger partial charge in [-0.1, -0.05) is 75.5 Å². The molecule has 7 N–H and O–H groups in total. The number of aryl methyl sites for hydroxylation is 4. The maximum atomic E-state index is 13.2. The van der Waals surface area contributed by atoms with Crippen molar-refractivity contribution >= 4 is 92.6 Å². The van der Waals surface area contributed by atoms with E-state index in [0.29, 0.717) is 59.2 Å². The second kappa shape index (κ2) is 34.9. The summed E-state index contributed by atoms with van der Waals surface area (Å²) < 4.78 is 42.1. The van der Waals surface area contributed by atoms with Crippen molar-refractivity contribution in [3.63, 3.8) is 0 Å². The third-order valence-electron chi connectivity index (χ3n) is 17.8. The van der Waals surface area contributed by atoms with Gasteiger partial charge in [-0.3, -0.25) is 88.0 Å². The predicted octanol–water partition coefficient (Wildman–Crippen LogP) is 3.74. The summed E-state index contributed by atoms with van der Waals surface area (Å²) in [5, 5.41) is 40.1. The quantitative estimate of drug-likeness (QED) is 0.0174. The number of benzene rings is 2. The van der Waals surface area contributed by atoms with E-state index in [1.165, 1.54) is 72.6 Å². The van der Waals surface area contributed by atoms with Gasteiger partial charge in [-0.05, 0) is 22.7 Å². The Kier molecular flexibility index (Phi) is 26.6. The highest BCUT2D eigenvalue weighted by atomic mass is 35.5. The molecule has 43 nitrogen and oxygen atoms in total. The van der Waals surface area contributed by atoms with Crippen molar-refractivity contribution < 1.29 is 90.2 Å². The first-order chi connectivity index (χ1) is 51.0. The monoisotopic (exact) mass is 1560 g/mol. The summed E-state index contributed by atoms with van der Waals surface area (Å²) in [5.74, 6) is -0.627. The fraction of sp³-hybridized carbons (Fsp3) is 0.438. The number of hydroxylamine groups is 12. The first-order valence-corrected chi connectivity index (χ1v) is 34.1. The van der Waals surface area contributed by atoms with Crippen LogP contribution in [0.15, 0.2) is 105 Å². The Morgan fingerprint density at radius 2 is 0.761 bits per heavy atom. The number of amides is 8.